The molecule has 0 aliphatic rings. The molecule has 0 radical (unpaired) electrons. The molecule has 0 aromatic heterocycles. The van der Waals surface area contributed by atoms with Crippen LogP contribution in [0.4, 0.5) is 0 Å². The summed E-state index contributed by atoms with van der Waals surface area (Å²) >= 11 is 0. The molecule has 0 aromatic rings. The standard InChI is InChI=1S/C7H15NO3/c1-5(9)6(10)4-7(11)8(2)3/h5-6,9-10H,4H2,1-3H3. The lowest BCUT2D eigenvalue weighted by atomic mass is 10.1. The molecule has 0 heterocycles. The molecular weight excluding hydrogens is 146 g/mol. The molecule has 0 saturated heterocycles. The maximum atomic E-state index is 10.9. The largest absolute Gasteiger partial charge is 0.391 e. The number of aliphatic hydroxyl groups is 2. The van der Waals surface area contributed by atoms with E-state index in [2.05, 4.69) is 0 Å². The molecule has 2 N–H and O–H groups in total. The van der Waals surface area contributed by atoms with Gasteiger partial charge in [-0.05, 0) is 6.92 Å². The Morgan fingerprint density at radius 2 is 1.91 bits per heavy atom. The average molecular weight is 161 g/mol. The molecule has 2 unspecified atom stereocenters. The molecule has 66 valence electrons. The van der Waals surface area contributed by atoms with Crippen LogP contribution in [-0.2, 0) is 4.79 Å². The zero-order valence-corrected chi connectivity index (χ0v) is 7.11. The fourth-order valence-electron chi connectivity index (χ4n) is 0.532. The predicted molar refractivity (Wildman–Crippen MR) is 41.0 cm³/mol. The fraction of sp³-hybridized carbons (Fsp3) is 0.857. The van der Waals surface area contributed by atoms with Crippen molar-refractivity contribution in [2.45, 2.75) is 25.6 Å². The lowest BCUT2D eigenvalue weighted by Gasteiger charge is -2.15. The Hall–Kier alpha value is -0.610. The molecule has 0 rings (SSSR count). The van der Waals surface area contributed by atoms with Gasteiger partial charge in [0.15, 0.2) is 0 Å². The molecule has 2 atom stereocenters. The summed E-state index contributed by atoms with van der Waals surface area (Å²) in [6.45, 7) is 1.45. The number of amides is 1. The van der Waals surface area contributed by atoms with E-state index in [0.717, 1.165) is 0 Å². The van der Waals surface area contributed by atoms with Crippen LogP contribution in [0.15, 0.2) is 0 Å². The highest BCUT2D eigenvalue weighted by Crippen LogP contribution is 1.99. The van der Waals surface area contributed by atoms with Crippen LogP contribution in [0, 0.1) is 0 Å². The van der Waals surface area contributed by atoms with Gasteiger partial charge in [-0.15, -0.1) is 0 Å². The first-order chi connectivity index (χ1) is 4.95. The van der Waals surface area contributed by atoms with Gasteiger partial charge in [0.2, 0.25) is 5.91 Å². The van der Waals surface area contributed by atoms with E-state index in [1.807, 2.05) is 0 Å². The van der Waals surface area contributed by atoms with Gasteiger partial charge in [-0.1, -0.05) is 0 Å². The predicted octanol–water partition coefficient (Wildman–Crippen LogP) is -0.794. The Balaban J connectivity index is 3.76. The Morgan fingerprint density at radius 1 is 1.45 bits per heavy atom. The normalized spacial score (nSPS) is 15.7. The van der Waals surface area contributed by atoms with Gasteiger partial charge in [-0.25, -0.2) is 0 Å². The summed E-state index contributed by atoms with van der Waals surface area (Å²) in [5, 5.41) is 17.9. The third kappa shape index (κ3) is 3.95. The van der Waals surface area contributed by atoms with E-state index in [0.29, 0.717) is 0 Å². The van der Waals surface area contributed by atoms with Gasteiger partial charge in [-0.2, -0.15) is 0 Å². The van der Waals surface area contributed by atoms with Crippen molar-refractivity contribution in [2.75, 3.05) is 14.1 Å². The van der Waals surface area contributed by atoms with Gasteiger partial charge in [0.25, 0.3) is 0 Å². The van der Waals surface area contributed by atoms with Crippen molar-refractivity contribution in [1.29, 1.82) is 0 Å². The molecule has 4 nitrogen and oxygen atoms in total. The molecule has 0 bridgehead atoms. The first kappa shape index (κ1) is 10.4. The molecule has 11 heavy (non-hydrogen) atoms. The van der Waals surface area contributed by atoms with Crippen LogP contribution in [0.25, 0.3) is 0 Å². The van der Waals surface area contributed by atoms with Crippen molar-refractivity contribution >= 4 is 5.91 Å². The first-order valence-electron chi connectivity index (χ1n) is 3.51. The fourth-order valence-corrected chi connectivity index (χ4v) is 0.532. The van der Waals surface area contributed by atoms with Crippen molar-refractivity contribution in [2.24, 2.45) is 0 Å². The van der Waals surface area contributed by atoms with E-state index in [4.69, 9.17) is 10.2 Å². The molecule has 0 aromatic carbocycles. The van der Waals surface area contributed by atoms with Gasteiger partial charge in [0.05, 0.1) is 18.6 Å². The minimum Gasteiger partial charge on any atom is -0.391 e. The van der Waals surface area contributed by atoms with Gasteiger partial charge in [0.1, 0.15) is 0 Å². The summed E-state index contributed by atoms with van der Waals surface area (Å²) in [6.07, 6.45) is -1.83. The number of carbonyl (C=O) groups excluding carboxylic acids is 1. The topological polar surface area (TPSA) is 60.8 Å². The summed E-state index contributed by atoms with van der Waals surface area (Å²) < 4.78 is 0. The molecule has 0 fully saturated rings. The minimum absolute atomic E-state index is 0.0231. The zero-order valence-electron chi connectivity index (χ0n) is 7.11. The number of hydrogen-bond acceptors (Lipinski definition) is 3. The van der Waals surface area contributed by atoms with Crippen LogP contribution < -0.4 is 0 Å². The summed E-state index contributed by atoms with van der Waals surface area (Å²) in [5.41, 5.74) is 0. The highest BCUT2D eigenvalue weighted by molar-refractivity contribution is 5.76. The quantitative estimate of drug-likeness (QED) is 0.570. The van der Waals surface area contributed by atoms with Gasteiger partial charge >= 0.3 is 0 Å². The maximum Gasteiger partial charge on any atom is 0.224 e. The van der Waals surface area contributed by atoms with Crippen molar-refractivity contribution < 1.29 is 15.0 Å². The van der Waals surface area contributed by atoms with Crippen LogP contribution >= 0.6 is 0 Å². The summed E-state index contributed by atoms with van der Waals surface area (Å²) in [5.74, 6) is -0.182. The Labute approximate surface area is 66.4 Å². The monoisotopic (exact) mass is 161 g/mol. The second-order valence-corrected chi connectivity index (χ2v) is 2.80. The number of aliphatic hydroxyl groups excluding tert-OH is 2. The van der Waals surface area contributed by atoms with E-state index in [9.17, 15) is 4.79 Å². The highest BCUT2D eigenvalue weighted by atomic mass is 16.3. The number of nitrogens with zero attached hydrogens (tertiary/aromatic N) is 1. The number of rotatable bonds is 3. The van der Waals surface area contributed by atoms with E-state index < -0.39 is 12.2 Å². The van der Waals surface area contributed by atoms with E-state index in [-0.39, 0.29) is 12.3 Å². The summed E-state index contributed by atoms with van der Waals surface area (Å²) in [7, 11) is 3.22. The van der Waals surface area contributed by atoms with Gasteiger partial charge in [0, 0.05) is 14.1 Å². The van der Waals surface area contributed by atoms with Crippen molar-refractivity contribution in [3.8, 4) is 0 Å². The molecule has 0 spiro atoms. The lowest BCUT2D eigenvalue weighted by Crippen LogP contribution is -2.31. The second kappa shape index (κ2) is 4.31. The Bertz CT molecular complexity index is 134. The molecular formula is C7H15NO3. The van der Waals surface area contributed by atoms with Crippen LogP contribution in [-0.4, -0.2) is 47.3 Å². The molecule has 0 aliphatic heterocycles. The molecule has 4 heteroatoms. The molecule has 0 saturated carbocycles. The van der Waals surface area contributed by atoms with Gasteiger partial charge in [-0.3, -0.25) is 4.79 Å². The second-order valence-electron chi connectivity index (χ2n) is 2.80. The third-order valence-corrected chi connectivity index (χ3v) is 1.44. The van der Waals surface area contributed by atoms with Crippen molar-refractivity contribution in [1.82, 2.24) is 4.90 Å². The zero-order chi connectivity index (χ0) is 9.02. The Kier molecular flexibility index (Phi) is 4.07. The van der Waals surface area contributed by atoms with Crippen LogP contribution in [0.1, 0.15) is 13.3 Å². The van der Waals surface area contributed by atoms with E-state index >= 15 is 0 Å². The smallest absolute Gasteiger partial charge is 0.224 e. The van der Waals surface area contributed by atoms with E-state index in [1.165, 1.54) is 11.8 Å². The first-order valence-corrected chi connectivity index (χ1v) is 3.51. The SMILES string of the molecule is CC(O)C(O)CC(=O)N(C)C. The van der Waals surface area contributed by atoms with Crippen LogP contribution in [0.3, 0.4) is 0 Å². The molecule has 1 amide bonds. The van der Waals surface area contributed by atoms with Crippen molar-refractivity contribution in [3.63, 3.8) is 0 Å². The lowest BCUT2D eigenvalue weighted by molar-refractivity contribution is -0.132. The average Bonchev–Trinajstić information content (AvgIpc) is 1.87. The van der Waals surface area contributed by atoms with Crippen LogP contribution in [0.2, 0.25) is 0 Å². The van der Waals surface area contributed by atoms with Crippen LogP contribution in [0.5, 0.6) is 0 Å². The van der Waals surface area contributed by atoms with Crippen molar-refractivity contribution in [3.05, 3.63) is 0 Å². The highest BCUT2D eigenvalue weighted by Gasteiger charge is 2.16. The molecule has 0 aliphatic carbocycles. The number of hydrogen-bond donors (Lipinski definition) is 2. The summed E-state index contributed by atoms with van der Waals surface area (Å²) in [4.78, 5) is 12.3. The summed E-state index contributed by atoms with van der Waals surface area (Å²) in [6, 6.07) is 0. The number of carbonyl (C=O) groups is 1. The van der Waals surface area contributed by atoms with E-state index in [1.54, 1.807) is 14.1 Å². The maximum absolute atomic E-state index is 10.9. The van der Waals surface area contributed by atoms with Gasteiger partial charge < -0.3 is 15.1 Å². The Morgan fingerprint density at radius 3 is 2.18 bits per heavy atom. The third-order valence-electron chi connectivity index (χ3n) is 1.44. The minimum atomic E-state index is -0.954.